The molecular weight excluding hydrogens is 1070 g/mol. The molecule has 0 unspecified atom stereocenters. The average Bonchev–Trinajstić information content (AvgIpc) is 3.91. The predicted octanol–water partition coefficient (Wildman–Crippen LogP) is 14.8. The standard InChI is InChI=1S/C45H35N2O.C15H17GeNSi.Ir/c1-27(2)36-24-32(29-13-6-5-7-14-29)25-37(28(3)4)43(36)47-41-20-11-10-19-40(41)46-45(47)35-18-12-17-34-39-23-31-22-21-30-15-8-9-16-33(30)38(31)26-42(39)48-44(34)35;1-11-5-7-12(8-6-11)14-9-13(16)15(10-17-14)18(2,3)4;/h5-17,19-28H,1-4H3;5-7,9-10H,1-4H3;/q2*-1;/i;1D3;. The summed E-state index contributed by atoms with van der Waals surface area (Å²) in [7, 11) is -1.38. The van der Waals surface area contributed by atoms with Crippen LogP contribution in [0.5, 0.6) is 0 Å². The second-order valence-electron chi connectivity index (χ2n) is 18.8. The molecule has 4 nitrogen and oxygen atoms in total. The van der Waals surface area contributed by atoms with E-state index in [2.05, 4.69) is 213 Å². The molecule has 11 aromatic rings. The molecule has 11 rings (SSSR count). The first-order valence-electron chi connectivity index (χ1n) is 24.2. The van der Waals surface area contributed by atoms with E-state index in [1.807, 2.05) is 12.3 Å². The van der Waals surface area contributed by atoms with Crippen molar-refractivity contribution in [1.29, 1.82) is 0 Å². The smallest absolute Gasteiger partial charge is 0 e. The average molecular weight is 1130 g/mol. The van der Waals surface area contributed by atoms with Gasteiger partial charge in [-0.15, -0.1) is 18.2 Å². The normalized spacial score (nSPS) is 12.7. The van der Waals surface area contributed by atoms with Gasteiger partial charge in [-0.3, -0.25) is 4.98 Å². The summed E-state index contributed by atoms with van der Waals surface area (Å²) < 4.78 is 32.6. The summed E-state index contributed by atoms with van der Waals surface area (Å²) in [5.41, 5.74) is 12.8. The summed E-state index contributed by atoms with van der Waals surface area (Å²) in [4.78, 5) is 9.86. The van der Waals surface area contributed by atoms with Crippen LogP contribution in [-0.4, -0.2) is 39.1 Å². The minimum atomic E-state index is -2.08. The molecule has 4 radical (unpaired) electrons. The molecule has 8 aromatic carbocycles. The number of rotatable bonds is 7. The fourth-order valence-electron chi connectivity index (χ4n) is 9.23. The predicted molar refractivity (Wildman–Crippen MR) is 283 cm³/mol. The van der Waals surface area contributed by atoms with Crippen LogP contribution in [0.2, 0.25) is 19.6 Å². The van der Waals surface area contributed by atoms with Crippen LogP contribution in [0.4, 0.5) is 0 Å². The van der Waals surface area contributed by atoms with E-state index in [-0.39, 0.29) is 31.9 Å². The Kier molecular flexibility index (Phi) is 11.8. The Hall–Kier alpha value is -5.89. The van der Waals surface area contributed by atoms with Crippen molar-refractivity contribution in [2.75, 3.05) is 0 Å². The minimum Gasteiger partial charge on any atom is 0 e. The van der Waals surface area contributed by atoms with E-state index in [4.69, 9.17) is 13.5 Å². The van der Waals surface area contributed by atoms with Gasteiger partial charge >= 0.3 is 123 Å². The van der Waals surface area contributed by atoms with Gasteiger partial charge in [0.1, 0.15) is 5.58 Å². The number of pyridine rings is 1. The van der Waals surface area contributed by atoms with Gasteiger partial charge in [-0.1, -0.05) is 118 Å². The number of hydrogen-bond donors (Lipinski definition) is 0. The van der Waals surface area contributed by atoms with Crippen molar-refractivity contribution >= 4 is 88.7 Å². The van der Waals surface area contributed by atoms with Gasteiger partial charge in [-0.25, -0.2) is 0 Å². The van der Waals surface area contributed by atoms with E-state index in [1.165, 1.54) is 65.1 Å². The number of nitrogens with zero attached hydrogens (tertiary/aromatic N) is 3. The number of fused-ring (bicyclic) bond motifs is 7. The minimum absolute atomic E-state index is 0. The molecule has 0 amide bonds. The van der Waals surface area contributed by atoms with Gasteiger partial charge in [0, 0.05) is 31.2 Å². The quantitative estimate of drug-likeness (QED) is 0.0907. The third-order valence-corrected chi connectivity index (χ3v) is 16.0. The number of aryl methyl sites for hydroxylation is 1. The number of benzene rings is 8. The molecule has 0 spiro atoms. The van der Waals surface area contributed by atoms with E-state index in [9.17, 15) is 0 Å². The van der Waals surface area contributed by atoms with Crippen LogP contribution < -0.4 is 9.58 Å². The SMILES string of the molecule is CC(C)c1cc(-c2ccccc2)cc(C(C)C)c1-n1c(-c2[c-]ccc3c2oc2cc4c(ccc5ccccc54)cc23)nc2ccccc21.[2H]C([2H])([2H])c1c[c-]c(-c2c[c]([Ge])c([Si](C)(C)C)cn2)cc1.[Ir]. The topological polar surface area (TPSA) is 43.9 Å². The Balaban J connectivity index is 0.000000234. The summed E-state index contributed by atoms with van der Waals surface area (Å²) in [6, 6.07) is 59.1. The fourth-order valence-corrected chi connectivity index (χ4v) is 13.3. The molecular formula is C60H52GeIrN3OSi-2. The van der Waals surface area contributed by atoms with E-state index in [0.29, 0.717) is 5.56 Å². The van der Waals surface area contributed by atoms with Crippen molar-refractivity contribution in [3.05, 3.63) is 187 Å². The molecule has 7 heteroatoms. The summed E-state index contributed by atoms with van der Waals surface area (Å²) >= 11 is 2.11. The molecule has 3 aromatic heterocycles. The van der Waals surface area contributed by atoms with Crippen LogP contribution in [0.25, 0.3) is 94.0 Å². The Morgan fingerprint density at radius 3 is 2.10 bits per heavy atom. The molecule has 67 heavy (non-hydrogen) atoms. The zero-order valence-electron chi connectivity index (χ0n) is 41.7. The molecule has 3 heterocycles. The van der Waals surface area contributed by atoms with Crippen molar-refractivity contribution in [3.63, 3.8) is 0 Å². The van der Waals surface area contributed by atoms with E-state index < -0.39 is 14.9 Å². The summed E-state index contributed by atoms with van der Waals surface area (Å²) in [6.45, 7) is 14.0. The summed E-state index contributed by atoms with van der Waals surface area (Å²) in [5.74, 6) is 1.40. The fraction of sp³-hybridized carbons (Fsp3) is 0.167. The number of hydrogen-bond acceptors (Lipinski definition) is 3. The largest absolute Gasteiger partial charge is 0 e. The van der Waals surface area contributed by atoms with Gasteiger partial charge in [0.05, 0.1) is 22.4 Å². The first-order valence-corrected chi connectivity index (χ1v) is 27.2. The number of aromatic nitrogens is 3. The monoisotopic (exact) mass is 1130 g/mol. The van der Waals surface area contributed by atoms with E-state index >= 15 is 0 Å². The third-order valence-electron chi connectivity index (χ3n) is 12.6. The molecule has 0 fully saturated rings. The number of furan rings is 1. The summed E-state index contributed by atoms with van der Waals surface area (Å²) in [5, 5.41) is 8.37. The molecule has 332 valence electrons. The number of para-hydroxylation sites is 2. The third kappa shape index (κ3) is 8.77. The first-order chi connectivity index (χ1) is 33.0. The van der Waals surface area contributed by atoms with Crippen molar-refractivity contribution < 1.29 is 28.6 Å². The van der Waals surface area contributed by atoms with Gasteiger partial charge in [0.15, 0.2) is 0 Å². The van der Waals surface area contributed by atoms with Gasteiger partial charge in [-0.05, 0) is 92.0 Å². The van der Waals surface area contributed by atoms with Crippen molar-refractivity contribution in [1.82, 2.24) is 14.5 Å². The Morgan fingerprint density at radius 1 is 0.687 bits per heavy atom. The number of imidazole rings is 1. The van der Waals surface area contributed by atoms with Crippen LogP contribution in [-0.2, 0) is 20.1 Å². The molecule has 0 aliphatic heterocycles. The molecule has 0 aliphatic carbocycles. The Bertz CT molecular complexity index is 3700. The maximum atomic E-state index is 7.38. The molecule has 0 bridgehead atoms. The maximum Gasteiger partial charge on any atom is 0 e. The van der Waals surface area contributed by atoms with Gasteiger partial charge in [-0.2, -0.15) is 0 Å². The van der Waals surface area contributed by atoms with Crippen LogP contribution in [0.3, 0.4) is 0 Å². The van der Waals surface area contributed by atoms with Crippen LogP contribution in [0, 0.1) is 19.0 Å². The second-order valence-corrected chi connectivity index (χ2v) is 25.0. The van der Waals surface area contributed by atoms with E-state index in [1.54, 1.807) is 12.1 Å². The van der Waals surface area contributed by atoms with Crippen LogP contribution in [0.1, 0.15) is 60.3 Å². The van der Waals surface area contributed by atoms with Gasteiger partial charge in [0.2, 0.25) is 0 Å². The second kappa shape index (κ2) is 18.7. The van der Waals surface area contributed by atoms with Gasteiger partial charge < -0.3 is 8.98 Å². The molecule has 0 saturated heterocycles. The summed E-state index contributed by atoms with van der Waals surface area (Å²) in [6.07, 6.45) is 1.96. The zero-order chi connectivity index (χ0) is 48.4. The van der Waals surface area contributed by atoms with E-state index in [0.717, 1.165) is 55.6 Å². The van der Waals surface area contributed by atoms with Crippen LogP contribution in [0.15, 0.2) is 162 Å². The Morgan fingerprint density at radius 2 is 1.40 bits per heavy atom. The molecule has 0 atom stereocenters. The first kappa shape index (κ1) is 42.5. The molecule has 0 N–H and O–H groups in total. The van der Waals surface area contributed by atoms with Crippen molar-refractivity contribution in [2.45, 2.75) is 66.0 Å². The Labute approximate surface area is 421 Å². The van der Waals surface area contributed by atoms with Gasteiger partial charge in [0.25, 0.3) is 0 Å². The molecule has 0 aliphatic rings. The maximum absolute atomic E-state index is 7.38. The van der Waals surface area contributed by atoms with Crippen molar-refractivity contribution in [2.24, 2.45) is 0 Å². The zero-order valence-corrected chi connectivity index (χ0v) is 44.2. The van der Waals surface area contributed by atoms with Crippen LogP contribution >= 0.6 is 0 Å². The molecule has 0 saturated carbocycles. The van der Waals surface area contributed by atoms with Crippen molar-refractivity contribution in [3.8, 4) is 39.5 Å².